The lowest BCUT2D eigenvalue weighted by Gasteiger charge is -2.51. The molecule has 0 heterocycles. The van der Waals surface area contributed by atoms with Crippen LogP contribution in [0, 0.1) is 28.1 Å². The number of hydrogen-bond donors (Lipinski definition) is 1. The van der Waals surface area contributed by atoms with Gasteiger partial charge in [0.15, 0.2) is 0 Å². The van der Waals surface area contributed by atoms with Gasteiger partial charge in [-0.15, -0.1) is 0 Å². The predicted molar refractivity (Wildman–Crippen MR) is 72.9 cm³/mol. The van der Waals surface area contributed by atoms with Gasteiger partial charge in [-0.3, -0.25) is 0 Å². The fraction of sp³-hybridized carbons (Fsp3) is 0.938. The van der Waals surface area contributed by atoms with E-state index in [1.807, 2.05) is 0 Å². The molecule has 102 valence electrons. The molecule has 0 aromatic rings. The highest BCUT2D eigenvalue weighted by Gasteiger charge is 2.54. The molecule has 0 spiro atoms. The molecule has 0 aromatic carbocycles. The molecule has 2 aliphatic carbocycles. The van der Waals surface area contributed by atoms with Gasteiger partial charge in [-0.05, 0) is 49.9 Å². The van der Waals surface area contributed by atoms with Gasteiger partial charge in [0.2, 0.25) is 0 Å². The maximum absolute atomic E-state index is 11.1. The molecule has 18 heavy (non-hydrogen) atoms. The Hall–Kier alpha value is -0.550. The SMILES string of the molecule is CC1CCCC(C#N)(C2(O)CCC(C)(C)CC2)C1. The third-order valence-electron chi connectivity index (χ3n) is 5.53. The minimum atomic E-state index is -0.730. The van der Waals surface area contributed by atoms with Gasteiger partial charge < -0.3 is 5.11 Å². The fourth-order valence-corrected chi connectivity index (χ4v) is 4.00. The smallest absolute Gasteiger partial charge is 0.0862 e. The van der Waals surface area contributed by atoms with Gasteiger partial charge >= 0.3 is 0 Å². The summed E-state index contributed by atoms with van der Waals surface area (Å²) in [6, 6.07) is 2.54. The van der Waals surface area contributed by atoms with Crippen molar-refractivity contribution in [2.75, 3.05) is 0 Å². The van der Waals surface area contributed by atoms with E-state index < -0.39 is 11.0 Å². The molecule has 2 saturated carbocycles. The molecule has 2 heteroatoms. The zero-order chi connectivity index (χ0) is 13.4. The van der Waals surface area contributed by atoms with Crippen molar-refractivity contribution >= 4 is 0 Å². The van der Waals surface area contributed by atoms with Gasteiger partial charge in [-0.1, -0.05) is 33.6 Å². The summed E-state index contributed by atoms with van der Waals surface area (Å²) in [5.41, 5.74) is -0.865. The van der Waals surface area contributed by atoms with Crippen molar-refractivity contribution in [2.24, 2.45) is 16.7 Å². The Morgan fingerprint density at radius 1 is 1.11 bits per heavy atom. The van der Waals surface area contributed by atoms with Crippen molar-refractivity contribution in [1.29, 1.82) is 5.26 Å². The summed E-state index contributed by atoms with van der Waals surface area (Å²) in [5, 5.41) is 20.8. The molecule has 0 bridgehead atoms. The van der Waals surface area contributed by atoms with Gasteiger partial charge in [0.1, 0.15) is 0 Å². The summed E-state index contributed by atoms with van der Waals surface area (Å²) < 4.78 is 0. The molecule has 0 amide bonds. The van der Waals surface area contributed by atoms with Crippen molar-refractivity contribution in [1.82, 2.24) is 0 Å². The molecule has 1 N–H and O–H groups in total. The van der Waals surface area contributed by atoms with E-state index in [2.05, 4.69) is 26.8 Å². The molecule has 2 fully saturated rings. The third-order valence-corrected chi connectivity index (χ3v) is 5.53. The van der Waals surface area contributed by atoms with Crippen LogP contribution in [0.5, 0.6) is 0 Å². The highest BCUT2D eigenvalue weighted by atomic mass is 16.3. The Balaban J connectivity index is 2.20. The minimum absolute atomic E-state index is 0.336. The van der Waals surface area contributed by atoms with E-state index in [0.717, 1.165) is 44.9 Å². The average molecular weight is 249 g/mol. The third kappa shape index (κ3) is 2.30. The van der Waals surface area contributed by atoms with Crippen molar-refractivity contribution in [3.8, 4) is 6.07 Å². The second-order valence-corrected chi connectivity index (χ2v) is 7.59. The fourth-order valence-electron chi connectivity index (χ4n) is 4.00. The first-order chi connectivity index (χ1) is 8.33. The highest BCUT2D eigenvalue weighted by molar-refractivity contribution is 5.14. The van der Waals surface area contributed by atoms with Gasteiger partial charge in [0.05, 0.1) is 17.1 Å². The maximum Gasteiger partial charge on any atom is 0.0862 e. The molecular formula is C16H27NO. The minimum Gasteiger partial charge on any atom is -0.388 e. The average Bonchev–Trinajstić information content (AvgIpc) is 2.33. The highest BCUT2D eigenvalue weighted by Crippen LogP contribution is 2.54. The molecule has 2 rings (SSSR count). The summed E-state index contributed by atoms with van der Waals surface area (Å²) in [7, 11) is 0. The largest absolute Gasteiger partial charge is 0.388 e. The standard InChI is InChI=1S/C16H27NO/c1-13-5-4-6-15(11-13,12-17)16(18)9-7-14(2,3)8-10-16/h13,18H,4-11H2,1-3H3. The van der Waals surface area contributed by atoms with Gasteiger partial charge in [0.25, 0.3) is 0 Å². The van der Waals surface area contributed by atoms with Crippen molar-refractivity contribution < 1.29 is 5.11 Å². The topological polar surface area (TPSA) is 44.0 Å². The molecule has 0 aliphatic heterocycles. The van der Waals surface area contributed by atoms with Crippen LogP contribution < -0.4 is 0 Å². The van der Waals surface area contributed by atoms with Crippen LogP contribution >= 0.6 is 0 Å². The zero-order valence-electron chi connectivity index (χ0n) is 12.1. The molecule has 2 atom stereocenters. The number of hydrogen-bond acceptors (Lipinski definition) is 2. The first kappa shape index (κ1) is 13.9. The molecule has 2 aliphatic rings. The Kier molecular flexibility index (Phi) is 3.49. The quantitative estimate of drug-likeness (QED) is 0.762. The van der Waals surface area contributed by atoms with Crippen LogP contribution in [-0.2, 0) is 0 Å². The van der Waals surface area contributed by atoms with Crippen LogP contribution in [-0.4, -0.2) is 10.7 Å². The number of nitriles is 1. The molecule has 2 nitrogen and oxygen atoms in total. The summed E-state index contributed by atoms with van der Waals surface area (Å²) in [4.78, 5) is 0. The Bertz CT molecular complexity index is 345. The maximum atomic E-state index is 11.1. The van der Waals surface area contributed by atoms with E-state index in [9.17, 15) is 10.4 Å². The first-order valence-electron chi connectivity index (χ1n) is 7.46. The molecule has 0 aromatic heterocycles. The number of nitrogens with zero attached hydrogens (tertiary/aromatic N) is 1. The van der Waals surface area contributed by atoms with Crippen LogP contribution in [0.1, 0.15) is 72.1 Å². The van der Waals surface area contributed by atoms with Crippen molar-refractivity contribution in [3.63, 3.8) is 0 Å². The monoisotopic (exact) mass is 249 g/mol. The van der Waals surface area contributed by atoms with Crippen LogP contribution in [0.4, 0.5) is 0 Å². The molecule has 2 unspecified atom stereocenters. The van der Waals surface area contributed by atoms with Crippen molar-refractivity contribution in [3.05, 3.63) is 0 Å². The summed E-state index contributed by atoms with van der Waals surface area (Å²) in [6.07, 6.45) is 7.79. The number of rotatable bonds is 1. The van der Waals surface area contributed by atoms with Gasteiger partial charge in [0, 0.05) is 0 Å². The van der Waals surface area contributed by atoms with Crippen molar-refractivity contribution in [2.45, 2.75) is 77.7 Å². The number of aliphatic hydroxyl groups is 1. The first-order valence-corrected chi connectivity index (χ1v) is 7.46. The van der Waals surface area contributed by atoms with E-state index in [4.69, 9.17) is 0 Å². The summed E-state index contributed by atoms with van der Waals surface area (Å²) >= 11 is 0. The zero-order valence-corrected chi connectivity index (χ0v) is 12.1. The normalized spacial score (nSPS) is 38.9. The molecule has 0 radical (unpaired) electrons. The summed E-state index contributed by atoms with van der Waals surface area (Å²) in [5.74, 6) is 0.581. The van der Waals surface area contributed by atoms with E-state index >= 15 is 0 Å². The van der Waals surface area contributed by atoms with Gasteiger partial charge in [-0.2, -0.15) is 5.26 Å². The Morgan fingerprint density at radius 2 is 1.72 bits per heavy atom. The van der Waals surface area contributed by atoms with Gasteiger partial charge in [-0.25, -0.2) is 0 Å². The van der Waals surface area contributed by atoms with E-state index in [0.29, 0.717) is 11.3 Å². The summed E-state index contributed by atoms with van der Waals surface area (Å²) in [6.45, 7) is 6.77. The molecular weight excluding hydrogens is 222 g/mol. The Labute approximate surface area is 111 Å². The lowest BCUT2D eigenvalue weighted by Crippen LogP contribution is -2.52. The van der Waals surface area contributed by atoms with Crippen LogP contribution in [0.3, 0.4) is 0 Å². The second-order valence-electron chi connectivity index (χ2n) is 7.59. The second kappa shape index (κ2) is 4.53. The van der Waals surface area contributed by atoms with E-state index in [1.54, 1.807) is 0 Å². The predicted octanol–water partition coefficient (Wildman–Crippen LogP) is 4.04. The van der Waals surface area contributed by atoms with Crippen LogP contribution in [0.25, 0.3) is 0 Å². The van der Waals surface area contributed by atoms with E-state index in [-0.39, 0.29) is 0 Å². The Morgan fingerprint density at radius 3 is 2.22 bits per heavy atom. The van der Waals surface area contributed by atoms with Crippen LogP contribution in [0.2, 0.25) is 0 Å². The molecule has 0 saturated heterocycles. The van der Waals surface area contributed by atoms with Crippen LogP contribution in [0.15, 0.2) is 0 Å². The van der Waals surface area contributed by atoms with E-state index in [1.165, 1.54) is 6.42 Å². The lowest BCUT2D eigenvalue weighted by atomic mass is 9.55. The lowest BCUT2D eigenvalue weighted by molar-refractivity contribution is -0.119.